The number of amides is 1. The molecule has 8 heteroatoms. The third-order valence-electron chi connectivity index (χ3n) is 3.64. The first-order valence-corrected chi connectivity index (χ1v) is 10.0. The van der Waals surface area contributed by atoms with E-state index >= 15 is 0 Å². The minimum atomic E-state index is -3.48. The van der Waals surface area contributed by atoms with Crippen LogP contribution in [0.2, 0.25) is 0 Å². The van der Waals surface area contributed by atoms with Crippen LogP contribution in [0.1, 0.15) is 17.2 Å². The fraction of sp³-hybridized carbons (Fsp3) is 0.235. The van der Waals surface area contributed by atoms with Crippen molar-refractivity contribution < 1.29 is 17.6 Å². The Balaban J connectivity index is 2.32. The van der Waals surface area contributed by atoms with Crippen molar-refractivity contribution in [3.8, 4) is 0 Å². The number of sulfonamides is 1. The van der Waals surface area contributed by atoms with Gasteiger partial charge in [0.2, 0.25) is 15.9 Å². The number of carbonyl (C=O) groups excluding carboxylic acids is 1. The van der Waals surface area contributed by atoms with Gasteiger partial charge in [-0.3, -0.25) is 4.79 Å². The number of hydrogen-bond donors (Lipinski definition) is 1. The van der Waals surface area contributed by atoms with Crippen LogP contribution in [0.5, 0.6) is 0 Å². The molecule has 0 fully saturated rings. The summed E-state index contributed by atoms with van der Waals surface area (Å²) in [4.78, 5) is 12.3. The quantitative estimate of drug-likeness (QED) is 0.768. The Labute approximate surface area is 155 Å². The molecule has 2 aromatic rings. The van der Waals surface area contributed by atoms with E-state index < -0.39 is 27.8 Å². The maximum absolute atomic E-state index is 14.4. The molecular weight excluding hydrogens is 411 g/mol. The molecule has 1 amide bonds. The number of likely N-dealkylation sites (N-methyl/N-ethyl adjacent to an activating group) is 1. The standard InChI is InChI=1S/C17H18BrFN2O3S/c1-21(25(2,23)24)11-16(22)20-17(12-6-4-3-5-7-12)14-9-8-13(18)10-15(14)19/h3-10,17H,11H2,1-2H3,(H,20,22)/t17-/m1/s1. The normalized spacial score (nSPS) is 12.8. The highest BCUT2D eigenvalue weighted by Gasteiger charge is 2.22. The first kappa shape index (κ1) is 19.6. The molecule has 0 saturated heterocycles. The van der Waals surface area contributed by atoms with E-state index in [-0.39, 0.29) is 6.54 Å². The molecule has 25 heavy (non-hydrogen) atoms. The van der Waals surface area contributed by atoms with E-state index in [4.69, 9.17) is 0 Å². The molecule has 0 bridgehead atoms. The van der Waals surface area contributed by atoms with Crippen LogP contribution in [0, 0.1) is 5.82 Å². The second-order valence-electron chi connectivity index (χ2n) is 5.60. The molecule has 2 rings (SSSR count). The van der Waals surface area contributed by atoms with Gasteiger partial charge >= 0.3 is 0 Å². The molecule has 5 nitrogen and oxygen atoms in total. The van der Waals surface area contributed by atoms with E-state index in [1.807, 2.05) is 6.07 Å². The average molecular weight is 429 g/mol. The van der Waals surface area contributed by atoms with Gasteiger partial charge in [-0.05, 0) is 17.7 Å². The van der Waals surface area contributed by atoms with Crippen molar-refractivity contribution in [2.45, 2.75) is 6.04 Å². The van der Waals surface area contributed by atoms with Gasteiger partial charge in [0.25, 0.3) is 0 Å². The molecule has 0 aliphatic heterocycles. The Kier molecular flexibility index (Phi) is 6.31. The number of rotatable bonds is 6. The number of nitrogens with zero attached hydrogens (tertiary/aromatic N) is 1. The molecule has 0 spiro atoms. The minimum Gasteiger partial charge on any atom is -0.344 e. The molecule has 1 N–H and O–H groups in total. The van der Waals surface area contributed by atoms with Gasteiger partial charge in [0.05, 0.1) is 18.8 Å². The highest BCUT2D eigenvalue weighted by Crippen LogP contribution is 2.26. The molecule has 0 saturated carbocycles. The summed E-state index contributed by atoms with van der Waals surface area (Å²) in [6.45, 7) is -0.347. The van der Waals surface area contributed by atoms with Gasteiger partial charge in [-0.1, -0.05) is 52.3 Å². The summed E-state index contributed by atoms with van der Waals surface area (Å²) in [5, 5.41) is 2.71. The van der Waals surface area contributed by atoms with Crippen LogP contribution in [-0.2, 0) is 14.8 Å². The van der Waals surface area contributed by atoms with E-state index in [0.29, 0.717) is 15.6 Å². The Morgan fingerprint density at radius 2 is 1.88 bits per heavy atom. The molecule has 0 aromatic heterocycles. The number of benzene rings is 2. The smallest absolute Gasteiger partial charge is 0.236 e. The fourth-order valence-corrected chi connectivity index (χ4v) is 2.93. The molecule has 1 atom stereocenters. The van der Waals surface area contributed by atoms with Crippen molar-refractivity contribution in [1.29, 1.82) is 0 Å². The van der Waals surface area contributed by atoms with E-state index in [2.05, 4.69) is 21.2 Å². The SMILES string of the molecule is CN(CC(=O)N[C@H](c1ccccc1)c1ccc(Br)cc1F)S(C)(=O)=O. The predicted molar refractivity (Wildman–Crippen MR) is 98.0 cm³/mol. The van der Waals surface area contributed by atoms with Crippen LogP contribution in [-0.4, -0.2) is 38.5 Å². The van der Waals surface area contributed by atoms with Gasteiger partial charge in [0, 0.05) is 17.1 Å². The fourth-order valence-electron chi connectivity index (χ4n) is 2.25. The van der Waals surface area contributed by atoms with Crippen LogP contribution in [0.3, 0.4) is 0 Å². The van der Waals surface area contributed by atoms with Gasteiger partial charge in [0.15, 0.2) is 0 Å². The molecule has 2 aromatic carbocycles. The number of halogens is 2. The van der Waals surface area contributed by atoms with Gasteiger partial charge in [0.1, 0.15) is 5.82 Å². The third-order valence-corrected chi connectivity index (χ3v) is 5.40. The van der Waals surface area contributed by atoms with Crippen LogP contribution < -0.4 is 5.32 Å². The number of hydrogen-bond acceptors (Lipinski definition) is 3. The number of nitrogens with one attached hydrogen (secondary N) is 1. The zero-order chi connectivity index (χ0) is 18.6. The van der Waals surface area contributed by atoms with Crippen LogP contribution in [0.25, 0.3) is 0 Å². The minimum absolute atomic E-state index is 0.296. The molecule has 0 radical (unpaired) electrons. The molecule has 0 heterocycles. The molecule has 134 valence electrons. The zero-order valence-electron chi connectivity index (χ0n) is 13.7. The highest BCUT2D eigenvalue weighted by atomic mass is 79.9. The molecule has 0 unspecified atom stereocenters. The summed E-state index contributed by atoms with van der Waals surface area (Å²) in [5.41, 5.74) is 0.990. The second kappa shape index (κ2) is 8.07. The van der Waals surface area contributed by atoms with Crippen molar-refractivity contribution >= 4 is 31.9 Å². The van der Waals surface area contributed by atoms with Gasteiger partial charge < -0.3 is 5.32 Å². The summed E-state index contributed by atoms with van der Waals surface area (Å²) in [5.74, 6) is -0.996. The number of carbonyl (C=O) groups is 1. The van der Waals surface area contributed by atoms with Crippen LogP contribution in [0.15, 0.2) is 53.0 Å². The first-order valence-electron chi connectivity index (χ1n) is 7.39. The molecule has 0 aliphatic carbocycles. The summed E-state index contributed by atoms with van der Waals surface area (Å²) >= 11 is 3.21. The van der Waals surface area contributed by atoms with Crippen molar-refractivity contribution in [2.24, 2.45) is 0 Å². The maximum Gasteiger partial charge on any atom is 0.236 e. The van der Waals surface area contributed by atoms with Crippen LogP contribution in [0.4, 0.5) is 4.39 Å². The second-order valence-corrected chi connectivity index (χ2v) is 8.60. The lowest BCUT2D eigenvalue weighted by Gasteiger charge is -2.22. The average Bonchev–Trinajstić information content (AvgIpc) is 2.53. The maximum atomic E-state index is 14.4. The Morgan fingerprint density at radius 3 is 2.44 bits per heavy atom. The van der Waals surface area contributed by atoms with Crippen molar-refractivity contribution in [1.82, 2.24) is 9.62 Å². The third kappa shape index (κ3) is 5.35. The molecular formula is C17H18BrFN2O3S. The Hall–Kier alpha value is -1.77. The zero-order valence-corrected chi connectivity index (χ0v) is 16.1. The van der Waals surface area contributed by atoms with Gasteiger partial charge in [-0.25, -0.2) is 12.8 Å². The largest absolute Gasteiger partial charge is 0.344 e. The van der Waals surface area contributed by atoms with Crippen molar-refractivity contribution in [2.75, 3.05) is 19.8 Å². The van der Waals surface area contributed by atoms with Crippen LogP contribution >= 0.6 is 15.9 Å². The molecule has 0 aliphatic rings. The Bertz CT molecular complexity index is 859. The monoisotopic (exact) mass is 428 g/mol. The van der Waals surface area contributed by atoms with E-state index in [9.17, 15) is 17.6 Å². The predicted octanol–water partition coefficient (Wildman–Crippen LogP) is 2.69. The summed E-state index contributed by atoms with van der Waals surface area (Å²) < 4.78 is 38.8. The lowest BCUT2D eigenvalue weighted by Crippen LogP contribution is -2.39. The lowest BCUT2D eigenvalue weighted by atomic mass is 9.98. The Morgan fingerprint density at radius 1 is 1.24 bits per heavy atom. The lowest BCUT2D eigenvalue weighted by molar-refractivity contribution is -0.121. The summed E-state index contributed by atoms with van der Waals surface area (Å²) in [6, 6.07) is 12.8. The van der Waals surface area contributed by atoms with Gasteiger partial charge in [-0.15, -0.1) is 0 Å². The van der Waals surface area contributed by atoms with Gasteiger partial charge in [-0.2, -0.15) is 4.31 Å². The van der Waals surface area contributed by atoms with Crippen molar-refractivity contribution in [3.63, 3.8) is 0 Å². The summed E-state index contributed by atoms with van der Waals surface area (Å²) in [7, 11) is -2.17. The van der Waals surface area contributed by atoms with Crippen molar-refractivity contribution in [3.05, 3.63) is 69.9 Å². The topological polar surface area (TPSA) is 66.5 Å². The van der Waals surface area contributed by atoms with E-state index in [0.717, 1.165) is 10.6 Å². The van der Waals surface area contributed by atoms with E-state index in [1.54, 1.807) is 36.4 Å². The first-order chi connectivity index (χ1) is 11.7. The highest BCUT2D eigenvalue weighted by molar-refractivity contribution is 9.10. The van der Waals surface area contributed by atoms with E-state index in [1.165, 1.54) is 13.1 Å². The summed E-state index contributed by atoms with van der Waals surface area (Å²) in [6.07, 6.45) is 1.02.